The highest BCUT2D eigenvalue weighted by Gasteiger charge is 2.83. The number of Topliss-reactive ketones (excluding diaryl/α,β-unsaturated/α-hetero) is 1. The van der Waals surface area contributed by atoms with E-state index in [0.29, 0.717) is 44.9 Å². The molecular formula is C42H32N2O8. The number of carbonyl (C=O) groups excluding carboxylic acids is 3. The molecule has 258 valence electrons. The molecule has 1 saturated carbocycles. The number of imide groups is 1. The molecule has 0 unspecified atom stereocenters. The van der Waals surface area contributed by atoms with Crippen molar-refractivity contribution in [2.45, 2.75) is 10.8 Å². The molecule has 1 saturated heterocycles. The van der Waals surface area contributed by atoms with Crippen molar-refractivity contribution in [2.24, 2.45) is 11.8 Å². The van der Waals surface area contributed by atoms with Crippen LogP contribution >= 0.6 is 0 Å². The summed E-state index contributed by atoms with van der Waals surface area (Å²) in [5.41, 5.74) is -0.482. The van der Waals surface area contributed by atoms with Gasteiger partial charge in [0.15, 0.2) is 5.78 Å². The number of anilines is 1. The standard InChI is InChI=1S/C42H32N2O8/c1-50-29-18-14-25(15-19-29)34-35(26-16-20-30(51-2)21-17-26)42(28-12-8-5-9-13-28)37-36(41(34,40(42)47)27-10-6-4-7-11-27)38(45)43(39(37)46)32-23-22-31(52-3)24-33(32)44(48)49/h4-24,36-37H,1-3H3/t36-,37+,41-,42-/m1/s1. The van der Waals surface area contributed by atoms with Crippen LogP contribution in [0.2, 0.25) is 0 Å². The molecule has 2 aliphatic carbocycles. The summed E-state index contributed by atoms with van der Waals surface area (Å²) in [6.45, 7) is 0. The monoisotopic (exact) mass is 692 g/mol. The van der Waals surface area contributed by atoms with Crippen LogP contribution in [-0.4, -0.2) is 43.9 Å². The van der Waals surface area contributed by atoms with Gasteiger partial charge < -0.3 is 14.2 Å². The summed E-state index contributed by atoms with van der Waals surface area (Å²) in [7, 11) is 4.50. The van der Waals surface area contributed by atoms with Crippen molar-refractivity contribution < 1.29 is 33.5 Å². The number of carbonyl (C=O) groups is 3. The Hall–Kier alpha value is -6.55. The zero-order chi connectivity index (χ0) is 36.4. The molecule has 10 nitrogen and oxygen atoms in total. The molecule has 2 fully saturated rings. The van der Waals surface area contributed by atoms with Crippen molar-refractivity contribution in [2.75, 3.05) is 26.2 Å². The summed E-state index contributed by atoms with van der Waals surface area (Å²) in [5.74, 6) is -2.83. The number of nitro groups is 1. The second-order valence-electron chi connectivity index (χ2n) is 13.0. The molecular weight excluding hydrogens is 660 g/mol. The molecule has 2 amide bonds. The highest BCUT2D eigenvalue weighted by atomic mass is 16.6. The smallest absolute Gasteiger partial charge is 0.297 e. The summed E-state index contributed by atoms with van der Waals surface area (Å²) in [6.07, 6.45) is 0. The molecule has 2 bridgehead atoms. The first-order valence-electron chi connectivity index (χ1n) is 16.6. The van der Waals surface area contributed by atoms with Crippen LogP contribution in [0.25, 0.3) is 11.1 Å². The van der Waals surface area contributed by atoms with E-state index >= 15 is 14.4 Å². The third-order valence-electron chi connectivity index (χ3n) is 10.8. The number of fused-ring (bicyclic) bond motifs is 5. The Balaban J connectivity index is 1.53. The Labute approximate surface area is 299 Å². The fourth-order valence-corrected chi connectivity index (χ4v) is 8.84. The molecule has 0 N–H and O–H groups in total. The second kappa shape index (κ2) is 12.1. The van der Waals surface area contributed by atoms with Crippen LogP contribution in [0.3, 0.4) is 0 Å². The average Bonchev–Trinajstić information content (AvgIpc) is 3.70. The SMILES string of the molecule is COc1ccc(C2=C(c3ccc(OC)cc3)[C@@]3(c4ccccc4)C(=O)[C@@]2(c2ccccc2)[C@@H]2C(=O)N(c4ccc(OC)cc4[N+](=O)[O-])C(=O)[C@@H]23)cc1. The number of nitro benzene ring substituents is 1. The molecule has 0 aromatic heterocycles. The predicted molar refractivity (Wildman–Crippen MR) is 193 cm³/mol. The zero-order valence-electron chi connectivity index (χ0n) is 28.4. The maximum absolute atomic E-state index is 16.1. The molecule has 0 spiro atoms. The predicted octanol–water partition coefficient (Wildman–Crippen LogP) is 6.81. The Morgan fingerprint density at radius 1 is 0.577 bits per heavy atom. The van der Waals surface area contributed by atoms with Crippen molar-refractivity contribution in [3.05, 3.63) is 160 Å². The number of allylic oxidation sites excluding steroid dienone is 2. The van der Waals surface area contributed by atoms with Gasteiger partial charge in [-0.1, -0.05) is 84.9 Å². The van der Waals surface area contributed by atoms with Gasteiger partial charge in [0, 0.05) is 0 Å². The lowest BCUT2D eigenvalue weighted by atomic mass is 9.59. The highest BCUT2D eigenvalue weighted by molar-refractivity contribution is 6.39. The fourth-order valence-electron chi connectivity index (χ4n) is 8.84. The Morgan fingerprint density at radius 3 is 1.37 bits per heavy atom. The van der Waals surface area contributed by atoms with E-state index in [0.717, 1.165) is 4.90 Å². The normalized spacial score (nSPS) is 23.2. The number of amides is 2. The van der Waals surface area contributed by atoms with E-state index in [1.54, 1.807) is 62.8 Å². The summed E-state index contributed by atoms with van der Waals surface area (Å²) >= 11 is 0. The largest absolute Gasteiger partial charge is 0.497 e. The first kappa shape index (κ1) is 32.6. The zero-order valence-corrected chi connectivity index (χ0v) is 28.4. The van der Waals surface area contributed by atoms with E-state index in [9.17, 15) is 10.1 Å². The molecule has 52 heavy (non-hydrogen) atoms. The van der Waals surface area contributed by atoms with Crippen molar-refractivity contribution in [1.29, 1.82) is 0 Å². The maximum Gasteiger partial charge on any atom is 0.297 e. The molecule has 1 aliphatic heterocycles. The number of ether oxygens (including phenoxy) is 3. The highest BCUT2D eigenvalue weighted by Crippen LogP contribution is 2.74. The average molecular weight is 693 g/mol. The van der Waals surface area contributed by atoms with Crippen molar-refractivity contribution >= 4 is 40.1 Å². The van der Waals surface area contributed by atoms with Crippen molar-refractivity contribution in [3.8, 4) is 17.2 Å². The van der Waals surface area contributed by atoms with Gasteiger partial charge in [0.1, 0.15) is 22.9 Å². The Bertz CT molecular complexity index is 2180. The lowest BCUT2D eigenvalue weighted by Crippen LogP contribution is -2.45. The molecule has 4 atom stereocenters. The first-order chi connectivity index (χ1) is 25.2. The molecule has 5 aromatic rings. The molecule has 0 radical (unpaired) electrons. The molecule has 5 aromatic carbocycles. The van der Waals surface area contributed by atoms with E-state index in [1.807, 2.05) is 60.7 Å². The minimum Gasteiger partial charge on any atom is -0.497 e. The minimum atomic E-state index is -1.69. The van der Waals surface area contributed by atoms with Gasteiger partial charge in [0.25, 0.3) is 5.69 Å². The summed E-state index contributed by atoms with van der Waals surface area (Å²) in [4.78, 5) is 59.3. The van der Waals surface area contributed by atoms with Gasteiger partial charge in [-0.15, -0.1) is 0 Å². The van der Waals surface area contributed by atoms with Crippen LogP contribution in [0.4, 0.5) is 11.4 Å². The van der Waals surface area contributed by atoms with E-state index in [2.05, 4.69) is 0 Å². The van der Waals surface area contributed by atoms with Gasteiger partial charge in [0.2, 0.25) is 11.8 Å². The third-order valence-corrected chi connectivity index (χ3v) is 10.8. The lowest BCUT2D eigenvalue weighted by molar-refractivity contribution is -0.384. The molecule has 1 heterocycles. The number of ketones is 1. The lowest BCUT2D eigenvalue weighted by Gasteiger charge is -2.39. The van der Waals surface area contributed by atoms with Gasteiger partial charge in [-0.3, -0.25) is 24.5 Å². The van der Waals surface area contributed by atoms with Gasteiger partial charge in [-0.2, -0.15) is 0 Å². The van der Waals surface area contributed by atoms with E-state index in [-0.39, 0.29) is 17.2 Å². The fraction of sp³-hybridized carbons (Fsp3) is 0.167. The van der Waals surface area contributed by atoms with Crippen LogP contribution < -0.4 is 19.1 Å². The molecule has 3 aliphatic rings. The maximum atomic E-state index is 16.1. The topological polar surface area (TPSA) is 125 Å². The Kier molecular flexibility index (Phi) is 7.56. The number of rotatable bonds is 9. The summed E-state index contributed by atoms with van der Waals surface area (Å²) in [5, 5.41) is 12.5. The Morgan fingerprint density at radius 2 is 0.981 bits per heavy atom. The van der Waals surface area contributed by atoms with Gasteiger partial charge in [-0.05, 0) is 69.8 Å². The van der Waals surface area contributed by atoms with Crippen molar-refractivity contribution in [1.82, 2.24) is 0 Å². The summed E-state index contributed by atoms with van der Waals surface area (Å²) < 4.78 is 16.2. The van der Waals surface area contributed by atoms with Gasteiger partial charge in [-0.25, -0.2) is 4.90 Å². The number of methoxy groups -OCH3 is 3. The number of hydrogen-bond acceptors (Lipinski definition) is 8. The second-order valence-corrected chi connectivity index (χ2v) is 13.0. The van der Waals surface area contributed by atoms with E-state index in [1.165, 1.54) is 25.3 Å². The number of benzene rings is 5. The minimum absolute atomic E-state index is 0.189. The third kappa shape index (κ3) is 4.21. The van der Waals surface area contributed by atoms with Crippen LogP contribution in [0.15, 0.2) is 127 Å². The quantitative estimate of drug-likeness (QED) is 0.0938. The van der Waals surface area contributed by atoms with Crippen molar-refractivity contribution in [3.63, 3.8) is 0 Å². The molecule has 8 rings (SSSR count). The van der Waals surface area contributed by atoms with Crippen LogP contribution in [0.5, 0.6) is 17.2 Å². The van der Waals surface area contributed by atoms with E-state index < -0.39 is 45.1 Å². The van der Waals surface area contributed by atoms with Crippen LogP contribution in [0.1, 0.15) is 22.3 Å². The van der Waals surface area contributed by atoms with Gasteiger partial charge >= 0.3 is 0 Å². The van der Waals surface area contributed by atoms with Crippen LogP contribution in [0, 0.1) is 22.0 Å². The number of hydrogen-bond donors (Lipinski definition) is 0. The number of nitrogens with zero attached hydrogens (tertiary/aromatic N) is 2. The van der Waals surface area contributed by atoms with Gasteiger partial charge in [0.05, 0.1) is 55.0 Å². The van der Waals surface area contributed by atoms with Crippen LogP contribution in [-0.2, 0) is 25.2 Å². The summed E-state index contributed by atoms with van der Waals surface area (Å²) in [6, 6.07) is 36.7. The molecule has 10 heteroatoms. The first-order valence-corrected chi connectivity index (χ1v) is 16.6. The van der Waals surface area contributed by atoms with E-state index in [4.69, 9.17) is 14.2 Å².